The molecule has 1 saturated heterocycles. The third kappa shape index (κ3) is 3.40. The van der Waals surface area contributed by atoms with Crippen molar-refractivity contribution in [2.45, 2.75) is 12.8 Å². The molecule has 1 fully saturated rings. The van der Waals surface area contributed by atoms with Crippen molar-refractivity contribution in [3.05, 3.63) is 57.2 Å². The molecule has 24 heavy (non-hydrogen) atoms. The van der Waals surface area contributed by atoms with Gasteiger partial charge in [-0.05, 0) is 65.4 Å². The Labute approximate surface area is 151 Å². The highest BCUT2D eigenvalue weighted by molar-refractivity contribution is 14.1. The van der Waals surface area contributed by atoms with Crippen molar-refractivity contribution in [3.8, 4) is 0 Å². The number of nitrogens with zero attached hydrogens (tertiary/aromatic N) is 1. The zero-order valence-corrected chi connectivity index (χ0v) is 14.6. The molecule has 0 radical (unpaired) electrons. The van der Waals surface area contributed by atoms with Crippen LogP contribution in [-0.4, -0.2) is 18.4 Å². The number of hydrogen-bond donors (Lipinski definition) is 1. The Morgan fingerprint density at radius 1 is 1.12 bits per heavy atom. The Balaban J connectivity index is 1.75. The quantitative estimate of drug-likeness (QED) is 0.579. The van der Waals surface area contributed by atoms with Crippen LogP contribution < -0.4 is 10.2 Å². The van der Waals surface area contributed by atoms with Gasteiger partial charge in [-0.25, -0.2) is 8.78 Å². The van der Waals surface area contributed by atoms with E-state index in [2.05, 4.69) is 5.32 Å². The molecule has 2 aromatic rings. The van der Waals surface area contributed by atoms with E-state index in [9.17, 15) is 18.4 Å². The molecule has 2 aromatic carbocycles. The van der Waals surface area contributed by atoms with Gasteiger partial charge >= 0.3 is 0 Å². The van der Waals surface area contributed by atoms with Gasteiger partial charge in [0.25, 0.3) is 5.91 Å². The number of halogens is 3. The van der Waals surface area contributed by atoms with Gasteiger partial charge < -0.3 is 10.2 Å². The highest BCUT2D eigenvalue weighted by Crippen LogP contribution is 2.23. The lowest BCUT2D eigenvalue weighted by molar-refractivity contribution is -0.117. The van der Waals surface area contributed by atoms with E-state index in [4.69, 9.17) is 0 Å². The van der Waals surface area contributed by atoms with Crippen LogP contribution >= 0.6 is 22.6 Å². The smallest absolute Gasteiger partial charge is 0.255 e. The zero-order valence-electron chi connectivity index (χ0n) is 12.5. The van der Waals surface area contributed by atoms with Crippen molar-refractivity contribution < 1.29 is 18.4 Å². The number of hydrogen-bond acceptors (Lipinski definition) is 2. The number of amides is 2. The van der Waals surface area contributed by atoms with Crippen LogP contribution in [0.1, 0.15) is 23.2 Å². The van der Waals surface area contributed by atoms with E-state index in [1.807, 2.05) is 0 Å². The molecule has 0 bridgehead atoms. The first-order valence-corrected chi connectivity index (χ1v) is 8.40. The van der Waals surface area contributed by atoms with Crippen LogP contribution in [0.3, 0.4) is 0 Å². The molecule has 7 heteroatoms. The summed E-state index contributed by atoms with van der Waals surface area (Å²) >= 11 is 1.56. The van der Waals surface area contributed by atoms with Crippen LogP contribution in [0.25, 0.3) is 0 Å². The highest BCUT2D eigenvalue weighted by atomic mass is 127. The van der Waals surface area contributed by atoms with Crippen LogP contribution in [0.5, 0.6) is 0 Å². The molecule has 0 unspecified atom stereocenters. The highest BCUT2D eigenvalue weighted by Gasteiger charge is 2.21. The molecule has 3 rings (SSSR count). The molecule has 0 atom stereocenters. The number of anilines is 2. The van der Waals surface area contributed by atoms with E-state index in [1.54, 1.807) is 51.8 Å². The fourth-order valence-corrected chi connectivity index (χ4v) is 2.86. The summed E-state index contributed by atoms with van der Waals surface area (Å²) in [4.78, 5) is 25.6. The maximum Gasteiger partial charge on any atom is 0.255 e. The molecule has 1 aliphatic rings. The third-order valence-electron chi connectivity index (χ3n) is 3.76. The van der Waals surface area contributed by atoms with Crippen LogP contribution in [-0.2, 0) is 4.79 Å². The molecule has 0 aliphatic carbocycles. The fourth-order valence-electron chi connectivity index (χ4n) is 2.54. The van der Waals surface area contributed by atoms with Gasteiger partial charge in [0.1, 0.15) is 11.6 Å². The van der Waals surface area contributed by atoms with Crippen molar-refractivity contribution in [2.24, 2.45) is 0 Å². The Kier molecular flexibility index (Phi) is 4.79. The summed E-state index contributed by atoms with van der Waals surface area (Å²) in [5.74, 6) is -1.87. The standard InChI is InChI=1S/C17H13F2IN2O2/c18-13-8-11(9-14(19)16(13)20)21-17(24)10-3-5-12(6-4-10)22-7-1-2-15(22)23/h3-6,8-9H,1-2,7H2,(H,21,24). The van der Waals surface area contributed by atoms with Crippen LogP contribution in [0, 0.1) is 15.2 Å². The van der Waals surface area contributed by atoms with Gasteiger partial charge in [-0.2, -0.15) is 0 Å². The topological polar surface area (TPSA) is 49.4 Å². The first-order chi connectivity index (χ1) is 11.5. The maximum atomic E-state index is 13.5. The second kappa shape index (κ2) is 6.84. The molecular formula is C17H13F2IN2O2. The van der Waals surface area contributed by atoms with E-state index in [0.29, 0.717) is 18.5 Å². The lowest BCUT2D eigenvalue weighted by Crippen LogP contribution is -2.23. The first-order valence-electron chi connectivity index (χ1n) is 7.32. The van der Waals surface area contributed by atoms with Gasteiger partial charge in [-0.1, -0.05) is 0 Å². The lowest BCUT2D eigenvalue weighted by Gasteiger charge is -2.15. The van der Waals surface area contributed by atoms with Crippen molar-refractivity contribution in [1.29, 1.82) is 0 Å². The summed E-state index contributed by atoms with van der Waals surface area (Å²) in [7, 11) is 0. The molecule has 0 spiro atoms. The SMILES string of the molecule is O=C(Nc1cc(F)c(I)c(F)c1)c1ccc(N2CCCC2=O)cc1. The largest absolute Gasteiger partial charge is 0.322 e. The summed E-state index contributed by atoms with van der Waals surface area (Å²) in [5.41, 5.74) is 1.12. The predicted molar refractivity (Wildman–Crippen MR) is 95.1 cm³/mol. The lowest BCUT2D eigenvalue weighted by atomic mass is 10.1. The monoisotopic (exact) mass is 442 g/mol. The molecule has 0 saturated carbocycles. The molecule has 0 aromatic heterocycles. The minimum atomic E-state index is -0.728. The second-order valence-corrected chi connectivity index (χ2v) is 6.48. The van der Waals surface area contributed by atoms with E-state index >= 15 is 0 Å². The van der Waals surface area contributed by atoms with Crippen LogP contribution in [0.2, 0.25) is 0 Å². The van der Waals surface area contributed by atoms with Gasteiger partial charge in [0.2, 0.25) is 5.91 Å². The van der Waals surface area contributed by atoms with Crippen molar-refractivity contribution in [2.75, 3.05) is 16.8 Å². The molecule has 2 amide bonds. The molecular weight excluding hydrogens is 429 g/mol. The second-order valence-electron chi connectivity index (χ2n) is 5.40. The number of nitrogens with one attached hydrogen (secondary N) is 1. The normalized spacial score (nSPS) is 14.1. The zero-order chi connectivity index (χ0) is 17.3. The van der Waals surface area contributed by atoms with Crippen LogP contribution in [0.15, 0.2) is 36.4 Å². The van der Waals surface area contributed by atoms with Crippen LogP contribution in [0.4, 0.5) is 20.2 Å². The molecule has 4 nitrogen and oxygen atoms in total. The average molecular weight is 442 g/mol. The van der Waals surface area contributed by atoms with Crippen molar-refractivity contribution >= 4 is 45.8 Å². The summed E-state index contributed by atoms with van der Waals surface area (Å²) in [6.07, 6.45) is 1.36. The Hall–Kier alpha value is -2.03. The summed E-state index contributed by atoms with van der Waals surface area (Å²) in [6.45, 7) is 0.672. The van der Waals surface area contributed by atoms with E-state index in [-0.39, 0.29) is 15.2 Å². The number of carbonyl (C=O) groups is 2. The number of carbonyl (C=O) groups excluding carboxylic acids is 2. The first kappa shape index (κ1) is 16.8. The minimum absolute atomic E-state index is 0.0502. The van der Waals surface area contributed by atoms with E-state index in [0.717, 1.165) is 24.2 Å². The number of benzene rings is 2. The van der Waals surface area contributed by atoms with Gasteiger partial charge in [-0.15, -0.1) is 0 Å². The van der Waals surface area contributed by atoms with Gasteiger partial charge in [0.15, 0.2) is 0 Å². The van der Waals surface area contributed by atoms with Crippen molar-refractivity contribution in [1.82, 2.24) is 0 Å². The van der Waals surface area contributed by atoms with Gasteiger partial charge in [0.05, 0.1) is 3.57 Å². The molecule has 1 heterocycles. The summed E-state index contributed by atoms with van der Waals surface area (Å²) in [6, 6.07) is 8.67. The Morgan fingerprint density at radius 2 is 1.75 bits per heavy atom. The van der Waals surface area contributed by atoms with Gasteiger partial charge in [0, 0.05) is 29.9 Å². The third-order valence-corrected chi connectivity index (χ3v) is 4.79. The summed E-state index contributed by atoms with van der Waals surface area (Å²) < 4.78 is 26.9. The van der Waals surface area contributed by atoms with Crippen molar-refractivity contribution in [3.63, 3.8) is 0 Å². The number of rotatable bonds is 3. The Morgan fingerprint density at radius 3 is 2.29 bits per heavy atom. The molecule has 1 N–H and O–H groups in total. The molecule has 1 aliphatic heterocycles. The maximum absolute atomic E-state index is 13.5. The summed E-state index contributed by atoms with van der Waals surface area (Å²) in [5, 5.41) is 2.46. The predicted octanol–water partition coefficient (Wildman–Crippen LogP) is 3.95. The van der Waals surface area contributed by atoms with E-state index in [1.165, 1.54) is 0 Å². The average Bonchev–Trinajstić information content (AvgIpc) is 2.98. The van der Waals surface area contributed by atoms with Gasteiger partial charge in [-0.3, -0.25) is 9.59 Å². The van der Waals surface area contributed by atoms with E-state index < -0.39 is 17.5 Å². The fraction of sp³-hybridized carbons (Fsp3) is 0.176. The Bertz CT molecular complexity index is 786. The molecule has 124 valence electrons. The minimum Gasteiger partial charge on any atom is -0.322 e.